The van der Waals surface area contributed by atoms with Crippen LogP contribution in [0.15, 0.2) is 0 Å². The Morgan fingerprint density at radius 2 is 2.10 bits per heavy atom. The molecule has 0 saturated heterocycles. The van der Waals surface area contributed by atoms with Crippen molar-refractivity contribution >= 4 is 31.9 Å². The average Bonchev–Trinajstić information content (AvgIpc) is 1.98. The summed E-state index contributed by atoms with van der Waals surface area (Å²) >= 11 is 6.69. The van der Waals surface area contributed by atoms with Gasteiger partial charge in [0, 0.05) is 17.8 Å². The number of alkyl halides is 2. The van der Waals surface area contributed by atoms with Crippen LogP contribution in [-0.2, 0) is 9.47 Å². The molecule has 0 bridgehead atoms. The van der Waals surface area contributed by atoms with Gasteiger partial charge in [0.15, 0.2) is 0 Å². The molecule has 0 aromatic heterocycles. The summed E-state index contributed by atoms with van der Waals surface area (Å²) in [6.07, 6.45) is 1.27. The smallest absolute Gasteiger partial charge is 0.146 e. The summed E-state index contributed by atoms with van der Waals surface area (Å²) in [6, 6.07) is 0. The van der Waals surface area contributed by atoms with Crippen LogP contribution in [0, 0.1) is 0 Å². The van der Waals surface area contributed by atoms with Crippen LogP contribution in [-0.4, -0.2) is 30.7 Å². The predicted octanol–water partition coefficient (Wildman–Crippen LogP) is 2.16. The van der Waals surface area contributed by atoms with Gasteiger partial charge in [-0.25, -0.2) is 0 Å². The Morgan fingerprint density at radius 3 is 2.50 bits per heavy atom. The van der Waals surface area contributed by atoms with Gasteiger partial charge >= 0.3 is 0 Å². The maximum Gasteiger partial charge on any atom is 0.146 e. The van der Waals surface area contributed by atoms with Gasteiger partial charge in [-0.3, -0.25) is 0 Å². The molecule has 0 aliphatic carbocycles. The van der Waals surface area contributed by atoms with Crippen molar-refractivity contribution in [2.24, 2.45) is 0 Å². The summed E-state index contributed by atoms with van der Waals surface area (Å²) in [5, 5.41) is 1.83. The fraction of sp³-hybridized carbons (Fsp3) is 1.00. The van der Waals surface area contributed by atoms with Gasteiger partial charge in [-0.05, 0) is 6.42 Å². The number of ether oxygens (including phenoxy) is 2. The lowest BCUT2D eigenvalue weighted by molar-refractivity contribution is -0.0633. The van der Waals surface area contributed by atoms with E-state index in [4.69, 9.17) is 9.47 Å². The Morgan fingerprint density at radius 1 is 1.40 bits per heavy atom. The van der Waals surface area contributed by atoms with Crippen LogP contribution in [0.25, 0.3) is 0 Å². The number of hydrogen-bond acceptors (Lipinski definition) is 2. The van der Waals surface area contributed by atoms with Crippen molar-refractivity contribution in [1.29, 1.82) is 0 Å². The summed E-state index contributed by atoms with van der Waals surface area (Å²) in [5.41, 5.74) is 0. The van der Waals surface area contributed by atoms with Gasteiger partial charge in [-0.2, -0.15) is 0 Å². The van der Waals surface area contributed by atoms with E-state index in [-0.39, 0.29) is 6.10 Å². The second-order valence-electron chi connectivity index (χ2n) is 1.83. The van der Waals surface area contributed by atoms with E-state index in [0.717, 1.165) is 17.1 Å². The highest BCUT2D eigenvalue weighted by Crippen LogP contribution is 2.04. The van der Waals surface area contributed by atoms with Crippen molar-refractivity contribution < 1.29 is 9.47 Å². The molecule has 0 amide bonds. The first-order chi connectivity index (χ1) is 4.85. The standard InChI is InChI=1S/C6H12Br2O2/c1-9-5-10-6(4-8)2-3-7/h6H,2-5H2,1H3/t6-/m0/s1. The summed E-state index contributed by atoms with van der Waals surface area (Å²) in [6.45, 7) is 0.378. The zero-order valence-electron chi connectivity index (χ0n) is 5.98. The van der Waals surface area contributed by atoms with E-state index in [0.29, 0.717) is 6.79 Å². The highest BCUT2D eigenvalue weighted by molar-refractivity contribution is 9.09. The lowest BCUT2D eigenvalue weighted by atomic mass is 10.3. The van der Waals surface area contributed by atoms with E-state index in [1.54, 1.807) is 7.11 Å². The molecule has 4 heteroatoms. The quantitative estimate of drug-likeness (QED) is 0.546. The van der Waals surface area contributed by atoms with Gasteiger partial charge in [0.2, 0.25) is 0 Å². The Kier molecular flexibility index (Phi) is 8.68. The van der Waals surface area contributed by atoms with Gasteiger partial charge in [-0.1, -0.05) is 31.9 Å². The van der Waals surface area contributed by atoms with E-state index in [9.17, 15) is 0 Å². The third kappa shape index (κ3) is 5.65. The van der Waals surface area contributed by atoms with Gasteiger partial charge in [0.1, 0.15) is 6.79 Å². The monoisotopic (exact) mass is 274 g/mol. The molecule has 2 nitrogen and oxygen atoms in total. The zero-order valence-corrected chi connectivity index (χ0v) is 9.15. The molecule has 0 rings (SSSR count). The van der Waals surface area contributed by atoms with Crippen molar-refractivity contribution in [3.8, 4) is 0 Å². The average molecular weight is 276 g/mol. The summed E-state index contributed by atoms with van der Waals surface area (Å²) in [7, 11) is 1.62. The molecule has 0 aromatic rings. The Bertz CT molecular complexity index is 70.8. The van der Waals surface area contributed by atoms with Crippen LogP contribution >= 0.6 is 31.9 Å². The second-order valence-corrected chi connectivity index (χ2v) is 3.27. The van der Waals surface area contributed by atoms with Crippen LogP contribution in [0.5, 0.6) is 0 Å². The fourth-order valence-corrected chi connectivity index (χ4v) is 1.51. The molecule has 1 atom stereocenters. The first kappa shape index (κ1) is 10.9. The maximum atomic E-state index is 5.28. The molecule has 0 aromatic carbocycles. The highest BCUT2D eigenvalue weighted by Gasteiger charge is 2.04. The molecule has 10 heavy (non-hydrogen) atoms. The van der Waals surface area contributed by atoms with Crippen molar-refractivity contribution in [3.05, 3.63) is 0 Å². The van der Waals surface area contributed by atoms with Crippen LogP contribution in [0.1, 0.15) is 6.42 Å². The third-order valence-electron chi connectivity index (χ3n) is 1.02. The molecule has 62 valence electrons. The van der Waals surface area contributed by atoms with Gasteiger partial charge in [0.05, 0.1) is 6.10 Å². The minimum absolute atomic E-state index is 0.263. The molecule has 0 unspecified atom stereocenters. The molecule has 0 heterocycles. The Labute approximate surface area is 78.5 Å². The van der Waals surface area contributed by atoms with Crippen LogP contribution in [0.2, 0.25) is 0 Å². The molecule has 0 fully saturated rings. The Hall–Kier alpha value is 0.880. The lowest BCUT2D eigenvalue weighted by Crippen LogP contribution is -2.16. The summed E-state index contributed by atoms with van der Waals surface area (Å²) in [5.74, 6) is 0. The molecular formula is C6H12Br2O2. The maximum absolute atomic E-state index is 5.28. The minimum Gasteiger partial charge on any atom is -0.359 e. The van der Waals surface area contributed by atoms with Crippen molar-refractivity contribution in [2.45, 2.75) is 12.5 Å². The number of halogens is 2. The number of rotatable bonds is 6. The van der Waals surface area contributed by atoms with E-state index >= 15 is 0 Å². The largest absolute Gasteiger partial charge is 0.359 e. The van der Waals surface area contributed by atoms with E-state index in [1.807, 2.05) is 0 Å². The second kappa shape index (κ2) is 7.98. The lowest BCUT2D eigenvalue weighted by Gasteiger charge is -2.12. The van der Waals surface area contributed by atoms with E-state index < -0.39 is 0 Å². The topological polar surface area (TPSA) is 18.5 Å². The highest BCUT2D eigenvalue weighted by atomic mass is 79.9. The third-order valence-corrected chi connectivity index (χ3v) is 2.20. The van der Waals surface area contributed by atoms with E-state index in [2.05, 4.69) is 31.9 Å². The van der Waals surface area contributed by atoms with Gasteiger partial charge in [0.25, 0.3) is 0 Å². The minimum atomic E-state index is 0.263. The molecule has 0 saturated carbocycles. The van der Waals surface area contributed by atoms with E-state index in [1.165, 1.54) is 0 Å². The van der Waals surface area contributed by atoms with Crippen LogP contribution in [0.3, 0.4) is 0 Å². The predicted molar refractivity (Wildman–Crippen MR) is 49.0 cm³/mol. The number of methoxy groups -OCH3 is 1. The van der Waals surface area contributed by atoms with Crippen molar-refractivity contribution in [2.75, 3.05) is 24.6 Å². The SMILES string of the molecule is COCO[C@H](CBr)CCBr. The number of hydrogen-bond donors (Lipinski definition) is 0. The zero-order chi connectivity index (χ0) is 7.82. The summed E-state index contributed by atoms with van der Waals surface area (Å²) < 4.78 is 10.0. The molecular weight excluding hydrogens is 264 g/mol. The molecule has 0 radical (unpaired) electrons. The van der Waals surface area contributed by atoms with Gasteiger partial charge < -0.3 is 9.47 Å². The molecule has 0 aliphatic heterocycles. The van der Waals surface area contributed by atoms with Gasteiger partial charge in [-0.15, -0.1) is 0 Å². The first-order valence-electron chi connectivity index (χ1n) is 3.07. The first-order valence-corrected chi connectivity index (χ1v) is 5.32. The fourth-order valence-electron chi connectivity index (χ4n) is 0.491. The molecule has 0 aliphatic rings. The normalized spacial score (nSPS) is 13.5. The van der Waals surface area contributed by atoms with Crippen molar-refractivity contribution in [3.63, 3.8) is 0 Å². The Balaban J connectivity index is 3.21. The molecule has 0 spiro atoms. The van der Waals surface area contributed by atoms with Crippen LogP contribution in [0.4, 0.5) is 0 Å². The summed E-state index contributed by atoms with van der Waals surface area (Å²) in [4.78, 5) is 0. The molecule has 0 N–H and O–H groups in total. The van der Waals surface area contributed by atoms with Crippen LogP contribution < -0.4 is 0 Å². The van der Waals surface area contributed by atoms with Crippen molar-refractivity contribution in [1.82, 2.24) is 0 Å².